The number of pyridine rings is 1. The number of H-pyrrole nitrogens is 1. The van der Waals surface area contributed by atoms with Crippen LogP contribution in [0.2, 0.25) is 0 Å². The lowest BCUT2D eigenvalue weighted by atomic mass is 10.1. The van der Waals surface area contributed by atoms with Crippen LogP contribution in [-0.4, -0.2) is 18.1 Å². The Bertz CT molecular complexity index is 995. The van der Waals surface area contributed by atoms with E-state index in [1.54, 1.807) is 31.4 Å². The second-order valence-electron chi connectivity index (χ2n) is 5.89. The van der Waals surface area contributed by atoms with Crippen molar-refractivity contribution in [1.29, 1.82) is 0 Å². The van der Waals surface area contributed by atoms with Gasteiger partial charge < -0.3 is 20.4 Å². The van der Waals surface area contributed by atoms with Gasteiger partial charge in [0.05, 0.1) is 7.11 Å². The molecule has 3 rings (SSSR count). The number of carbonyl (C=O) groups excluding carboxylic acids is 1. The van der Waals surface area contributed by atoms with Crippen LogP contribution in [0.1, 0.15) is 18.2 Å². The Morgan fingerprint density at radius 2 is 1.96 bits per heavy atom. The first-order chi connectivity index (χ1) is 12.6. The number of aromatic nitrogens is 1. The number of methoxy groups -OCH3 is 1. The van der Waals surface area contributed by atoms with Crippen molar-refractivity contribution >= 4 is 22.6 Å². The Morgan fingerprint density at radius 3 is 2.73 bits per heavy atom. The summed E-state index contributed by atoms with van der Waals surface area (Å²) in [5.74, 6) is 0.719. The molecule has 3 N–H and O–H groups in total. The molecule has 0 saturated carbocycles. The van der Waals surface area contributed by atoms with E-state index < -0.39 is 0 Å². The fraction of sp³-hybridized carbons (Fsp3) is 0.200. The summed E-state index contributed by atoms with van der Waals surface area (Å²) in [6.45, 7) is 2.32. The number of hydrogen-bond acceptors (Lipinski definition) is 3. The Hall–Kier alpha value is -3.28. The van der Waals surface area contributed by atoms with Crippen LogP contribution in [0.3, 0.4) is 0 Å². The van der Waals surface area contributed by atoms with Gasteiger partial charge >= 0.3 is 6.03 Å². The van der Waals surface area contributed by atoms with Crippen LogP contribution >= 0.6 is 0 Å². The van der Waals surface area contributed by atoms with Gasteiger partial charge in [-0.15, -0.1) is 0 Å². The summed E-state index contributed by atoms with van der Waals surface area (Å²) in [6, 6.07) is 14.0. The Morgan fingerprint density at radius 1 is 1.15 bits per heavy atom. The third-order valence-corrected chi connectivity index (χ3v) is 4.16. The van der Waals surface area contributed by atoms with Gasteiger partial charge in [0.15, 0.2) is 5.43 Å². The molecule has 0 aliphatic carbocycles. The first kappa shape index (κ1) is 17.5. The maximum atomic E-state index is 12.2. The van der Waals surface area contributed by atoms with Crippen LogP contribution in [0.4, 0.5) is 10.5 Å². The van der Waals surface area contributed by atoms with Gasteiger partial charge in [0.1, 0.15) is 5.75 Å². The number of anilines is 1. The zero-order valence-electron chi connectivity index (χ0n) is 14.8. The molecular weight excluding hydrogens is 330 g/mol. The van der Waals surface area contributed by atoms with Crippen LogP contribution in [0.5, 0.6) is 5.75 Å². The number of ether oxygens (including phenoxy) is 1. The second kappa shape index (κ2) is 7.74. The number of carbonyl (C=O) groups is 1. The molecule has 0 aliphatic rings. The van der Waals surface area contributed by atoms with Gasteiger partial charge in [-0.3, -0.25) is 4.79 Å². The van der Waals surface area contributed by atoms with Gasteiger partial charge in [0, 0.05) is 40.5 Å². The smallest absolute Gasteiger partial charge is 0.319 e. The molecule has 6 nitrogen and oxygen atoms in total. The Kier molecular flexibility index (Phi) is 5.22. The summed E-state index contributed by atoms with van der Waals surface area (Å²) < 4.78 is 5.27. The van der Waals surface area contributed by atoms with Crippen molar-refractivity contribution in [2.24, 2.45) is 0 Å². The summed E-state index contributed by atoms with van der Waals surface area (Å²) in [6.07, 6.45) is 0.760. The molecule has 2 amide bonds. The quantitative estimate of drug-likeness (QED) is 0.659. The van der Waals surface area contributed by atoms with Crippen LogP contribution in [0.15, 0.2) is 53.3 Å². The Balaban J connectivity index is 1.71. The highest BCUT2D eigenvalue weighted by molar-refractivity contribution is 5.92. The van der Waals surface area contributed by atoms with Crippen LogP contribution in [0.25, 0.3) is 10.9 Å². The predicted molar refractivity (Wildman–Crippen MR) is 103 cm³/mol. The Labute approximate surface area is 151 Å². The van der Waals surface area contributed by atoms with E-state index in [0.29, 0.717) is 17.6 Å². The zero-order valence-corrected chi connectivity index (χ0v) is 14.8. The lowest BCUT2D eigenvalue weighted by molar-refractivity contribution is 0.251. The molecule has 0 fully saturated rings. The van der Waals surface area contributed by atoms with Crippen molar-refractivity contribution in [2.75, 3.05) is 12.4 Å². The molecule has 0 saturated heterocycles. The zero-order chi connectivity index (χ0) is 18.5. The first-order valence-corrected chi connectivity index (χ1v) is 8.43. The molecule has 134 valence electrons. The number of rotatable bonds is 5. The first-order valence-electron chi connectivity index (χ1n) is 8.43. The second-order valence-corrected chi connectivity index (χ2v) is 5.89. The average Bonchev–Trinajstić information content (AvgIpc) is 2.66. The largest absolute Gasteiger partial charge is 0.496 e. The molecule has 0 bridgehead atoms. The summed E-state index contributed by atoms with van der Waals surface area (Å²) in [5.41, 5.74) is 3.03. The van der Waals surface area contributed by atoms with Crippen LogP contribution in [0, 0.1) is 0 Å². The molecule has 0 radical (unpaired) electrons. The monoisotopic (exact) mass is 351 g/mol. The highest BCUT2D eigenvalue weighted by Crippen LogP contribution is 2.17. The van der Waals surface area contributed by atoms with E-state index in [0.717, 1.165) is 28.9 Å². The SMILES string of the molecule is CCc1cc(=O)c2cc(NC(=O)NCc3ccccc3OC)ccc2[nH]1. The minimum Gasteiger partial charge on any atom is -0.496 e. The van der Waals surface area contributed by atoms with Gasteiger partial charge in [0.2, 0.25) is 0 Å². The van der Waals surface area contributed by atoms with E-state index in [1.165, 1.54) is 0 Å². The van der Waals surface area contributed by atoms with Gasteiger partial charge in [-0.05, 0) is 30.7 Å². The maximum absolute atomic E-state index is 12.2. The van der Waals surface area contributed by atoms with Crippen molar-refractivity contribution in [1.82, 2.24) is 10.3 Å². The maximum Gasteiger partial charge on any atom is 0.319 e. The predicted octanol–water partition coefficient (Wildman–Crippen LogP) is 3.42. The number of urea groups is 1. The third-order valence-electron chi connectivity index (χ3n) is 4.16. The van der Waals surface area contributed by atoms with Crippen molar-refractivity contribution in [3.63, 3.8) is 0 Å². The van der Waals surface area contributed by atoms with Gasteiger partial charge in [-0.1, -0.05) is 25.1 Å². The number of fused-ring (bicyclic) bond motifs is 1. The fourth-order valence-corrected chi connectivity index (χ4v) is 2.77. The lowest BCUT2D eigenvalue weighted by Gasteiger charge is -2.11. The molecule has 2 aromatic carbocycles. The lowest BCUT2D eigenvalue weighted by Crippen LogP contribution is -2.28. The van der Waals surface area contributed by atoms with Crippen molar-refractivity contribution < 1.29 is 9.53 Å². The number of nitrogens with one attached hydrogen (secondary N) is 3. The molecule has 3 aromatic rings. The van der Waals surface area contributed by atoms with Crippen molar-refractivity contribution in [2.45, 2.75) is 19.9 Å². The van der Waals surface area contributed by atoms with E-state index in [-0.39, 0.29) is 11.5 Å². The number of para-hydroxylation sites is 1. The molecule has 1 aromatic heterocycles. The van der Waals surface area contributed by atoms with E-state index in [1.807, 2.05) is 31.2 Å². The molecule has 0 atom stereocenters. The average molecular weight is 351 g/mol. The molecule has 26 heavy (non-hydrogen) atoms. The highest BCUT2D eigenvalue weighted by atomic mass is 16.5. The fourth-order valence-electron chi connectivity index (χ4n) is 2.77. The normalized spacial score (nSPS) is 10.5. The summed E-state index contributed by atoms with van der Waals surface area (Å²) >= 11 is 0. The van der Waals surface area contributed by atoms with Gasteiger partial charge in [-0.2, -0.15) is 0 Å². The molecule has 0 unspecified atom stereocenters. The molecular formula is C20H21N3O3. The summed E-state index contributed by atoms with van der Waals surface area (Å²) in [4.78, 5) is 27.6. The van der Waals surface area contributed by atoms with Crippen molar-refractivity contribution in [3.05, 3.63) is 70.0 Å². The highest BCUT2D eigenvalue weighted by Gasteiger charge is 2.07. The standard InChI is InChI=1S/C20H21N3O3/c1-3-14-11-18(24)16-10-15(8-9-17(16)22-14)23-20(25)21-12-13-6-4-5-7-19(13)26-2/h4-11H,3,12H2,1-2H3,(H,22,24)(H2,21,23,25). The third kappa shape index (κ3) is 3.85. The topological polar surface area (TPSA) is 83.2 Å². The van der Waals surface area contributed by atoms with Gasteiger partial charge in [-0.25, -0.2) is 4.79 Å². The molecule has 6 heteroatoms. The van der Waals surface area contributed by atoms with E-state index in [9.17, 15) is 9.59 Å². The number of benzene rings is 2. The minimum absolute atomic E-state index is 0.0614. The molecule has 1 heterocycles. The minimum atomic E-state index is -0.350. The van der Waals surface area contributed by atoms with Crippen molar-refractivity contribution in [3.8, 4) is 5.75 Å². The van der Waals surface area contributed by atoms with Crippen LogP contribution < -0.4 is 20.8 Å². The van der Waals surface area contributed by atoms with E-state index in [4.69, 9.17) is 4.74 Å². The molecule has 0 spiro atoms. The van der Waals surface area contributed by atoms with E-state index >= 15 is 0 Å². The number of hydrogen-bond donors (Lipinski definition) is 3. The van der Waals surface area contributed by atoms with Crippen LogP contribution in [-0.2, 0) is 13.0 Å². The number of aromatic amines is 1. The molecule has 0 aliphatic heterocycles. The summed E-state index contributed by atoms with van der Waals surface area (Å²) in [5, 5.41) is 6.09. The van der Waals surface area contributed by atoms with E-state index in [2.05, 4.69) is 15.6 Å². The van der Waals surface area contributed by atoms with Gasteiger partial charge in [0.25, 0.3) is 0 Å². The number of amides is 2. The summed E-state index contributed by atoms with van der Waals surface area (Å²) in [7, 11) is 1.59. The number of aryl methyl sites for hydroxylation is 1.